The molecule has 2 aliphatic rings. The fourth-order valence-corrected chi connectivity index (χ4v) is 3.08. The Hall–Kier alpha value is -1.63. The molecule has 3 rings (SSSR count). The van der Waals surface area contributed by atoms with Gasteiger partial charge in [-0.1, -0.05) is 54.5 Å². The molecular formula is C17H18O. The van der Waals surface area contributed by atoms with E-state index < -0.39 is 0 Å². The summed E-state index contributed by atoms with van der Waals surface area (Å²) in [6, 6.07) is 8.73. The van der Waals surface area contributed by atoms with Crippen LogP contribution in [0.3, 0.4) is 0 Å². The zero-order chi connectivity index (χ0) is 12.7. The number of allylic oxidation sites excluding steroid dienone is 4. The lowest BCUT2D eigenvalue weighted by Gasteiger charge is -2.21. The van der Waals surface area contributed by atoms with E-state index in [-0.39, 0.29) is 5.92 Å². The maximum Gasteiger partial charge on any atom is 0.165 e. The van der Waals surface area contributed by atoms with Crippen LogP contribution in [0.25, 0.3) is 0 Å². The van der Waals surface area contributed by atoms with E-state index in [1.807, 2.05) is 13.0 Å². The number of aryl methyl sites for hydroxylation is 1. The lowest BCUT2D eigenvalue weighted by Crippen LogP contribution is -2.06. The Morgan fingerprint density at radius 2 is 1.89 bits per heavy atom. The smallest absolute Gasteiger partial charge is 0.165 e. The minimum absolute atomic E-state index is 0.172. The van der Waals surface area contributed by atoms with E-state index >= 15 is 0 Å². The van der Waals surface area contributed by atoms with Crippen LogP contribution in [-0.4, -0.2) is 5.78 Å². The van der Waals surface area contributed by atoms with E-state index in [4.69, 9.17) is 0 Å². The highest BCUT2D eigenvalue weighted by molar-refractivity contribution is 6.03. The molecule has 0 fully saturated rings. The summed E-state index contributed by atoms with van der Waals surface area (Å²) in [5.41, 5.74) is 4.98. The Morgan fingerprint density at radius 1 is 1.17 bits per heavy atom. The number of hydrogen-bond acceptors (Lipinski definition) is 1. The van der Waals surface area contributed by atoms with Crippen molar-refractivity contribution in [3.63, 3.8) is 0 Å². The van der Waals surface area contributed by atoms with Gasteiger partial charge in [0.05, 0.1) is 0 Å². The van der Waals surface area contributed by atoms with Crippen molar-refractivity contribution in [2.75, 3.05) is 0 Å². The van der Waals surface area contributed by atoms with Crippen molar-refractivity contribution in [3.8, 4) is 0 Å². The number of carbonyl (C=O) groups is 1. The van der Waals surface area contributed by atoms with Gasteiger partial charge in [0.2, 0.25) is 0 Å². The molecule has 1 heteroatoms. The lowest BCUT2D eigenvalue weighted by atomic mass is 9.82. The van der Waals surface area contributed by atoms with Gasteiger partial charge in [0, 0.05) is 17.4 Å². The summed E-state index contributed by atoms with van der Waals surface area (Å²) >= 11 is 0. The van der Waals surface area contributed by atoms with Gasteiger partial charge < -0.3 is 0 Å². The molecule has 0 bridgehead atoms. The van der Waals surface area contributed by atoms with E-state index in [1.54, 1.807) is 0 Å². The van der Waals surface area contributed by atoms with Gasteiger partial charge in [-0.15, -0.1) is 0 Å². The third-order valence-corrected chi connectivity index (χ3v) is 4.14. The van der Waals surface area contributed by atoms with Gasteiger partial charge in [-0.25, -0.2) is 0 Å². The summed E-state index contributed by atoms with van der Waals surface area (Å²) < 4.78 is 0. The van der Waals surface area contributed by atoms with Crippen molar-refractivity contribution in [3.05, 3.63) is 58.7 Å². The average Bonchev–Trinajstić information content (AvgIpc) is 2.67. The number of ketones is 1. The Labute approximate surface area is 108 Å². The van der Waals surface area contributed by atoms with E-state index in [2.05, 4.69) is 37.3 Å². The lowest BCUT2D eigenvalue weighted by molar-refractivity contribution is -0.117. The summed E-state index contributed by atoms with van der Waals surface area (Å²) in [5.74, 6) is 0.920. The fraction of sp³-hybridized carbons (Fsp3) is 0.353. The SMILES string of the molecule is Cc1ccc(C2CC=CC3=C2CC(C)C3=O)cc1. The molecule has 0 radical (unpaired) electrons. The van der Waals surface area contributed by atoms with E-state index in [1.165, 1.54) is 16.7 Å². The molecule has 0 spiro atoms. The van der Waals surface area contributed by atoms with Crippen molar-refractivity contribution in [1.82, 2.24) is 0 Å². The first-order valence-corrected chi connectivity index (χ1v) is 6.67. The Kier molecular flexibility index (Phi) is 2.70. The quantitative estimate of drug-likeness (QED) is 0.724. The van der Waals surface area contributed by atoms with Gasteiger partial charge in [0.1, 0.15) is 0 Å². The molecule has 1 nitrogen and oxygen atoms in total. The van der Waals surface area contributed by atoms with Crippen molar-refractivity contribution in [2.24, 2.45) is 5.92 Å². The van der Waals surface area contributed by atoms with Gasteiger partial charge in [-0.05, 0) is 25.3 Å². The number of hydrogen-bond donors (Lipinski definition) is 0. The van der Waals surface area contributed by atoms with Crippen LogP contribution in [-0.2, 0) is 4.79 Å². The molecule has 1 aromatic rings. The number of rotatable bonds is 1. The molecule has 0 aromatic heterocycles. The Morgan fingerprint density at radius 3 is 2.61 bits per heavy atom. The van der Waals surface area contributed by atoms with Crippen molar-refractivity contribution >= 4 is 5.78 Å². The minimum Gasteiger partial charge on any atom is -0.294 e. The van der Waals surface area contributed by atoms with Crippen LogP contribution in [0.1, 0.15) is 36.8 Å². The van der Waals surface area contributed by atoms with E-state index in [9.17, 15) is 4.79 Å². The van der Waals surface area contributed by atoms with Crippen LogP contribution in [0, 0.1) is 12.8 Å². The molecule has 0 saturated heterocycles. The van der Waals surface area contributed by atoms with Crippen molar-refractivity contribution in [2.45, 2.75) is 32.6 Å². The fourth-order valence-electron chi connectivity index (χ4n) is 3.08. The molecule has 18 heavy (non-hydrogen) atoms. The Bertz CT molecular complexity index is 545. The predicted molar refractivity (Wildman–Crippen MR) is 73.5 cm³/mol. The second-order valence-electron chi connectivity index (χ2n) is 5.51. The van der Waals surface area contributed by atoms with Gasteiger partial charge in [-0.2, -0.15) is 0 Å². The number of benzene rings is 1. The van der Waals surface area contributed by atoms with Crippen LogP contribution in [0.2, 0.25) is 0 Å². The largest absolute Gasteiger partial charge is 0.294 e. The molecule has 0 aliphatic heterocycles. The van der Waals surface area contributed by atoms with Crippen LogP contribution < -0.4 is 0 Å². The third-order valence-electron chi connectivity index (χ3n) is 4.14. The second kappa shape index (κ2) is 4.24. The molecule has 1 aromatic carbocycles. The van der Waals surface area contributed by atoms with Gasteiger partial charge >= 0.3 is 0 Å². The number of carbonyl (C=O) groups excluding carboxylic acids is 1. The van der Waals surface area contributed by atoms with E-state index in [0.717, 1.165) is 18.4 Å². The standard InChI is InChI=1S/C17H18O/c1-11-6-8-13(9-7-11)14-4-3-5-15-16(14)10-12(2)17(15)18/h3,5-9,12,14H,4,10H2,1-2H3. The first-order chi connectivity index (χ1) is 8.66. The maximum absolute atomic E-state index is 12.1. The first kappa shape index (κ1) is 11.5. The molecule has 92 valence electrons. The van der Waals surface area contributed by atoms with Gasteiger partial charge in [0.25, 0.3) is 0 Å². The highest BCUT2D eigenvalue weighted by Gasteiger charge is 2.34. The maximum atomic E-state index is 12.1. The number of Topliss-reactive ketones (excluding diaryl/α,β-unsaturated/α-hetero) is 1. The van der Waals surface area contributed by atoms with E-state index in [0.29, 0.717) is 11.7 Å². The average molecular weight is 238 g/mol. The van der Waals surface area contributed by atoms with Gasteiger partial charge in [-0.3, -0.25) is 4.79 Å². The predicted octanol–water partition coefficient (Wildman–Crippen LogP) is 3.94. The first-order valence-electron chi connectivity index (χ1n) is 6.67. The topological polar surface area (TPSA) is 17.1 Å². The highest BCUT2D eigenvalue weighted by Crippen LogP contribution is 2.43. The van der Waals surface area contributed by atoms with Crippen molar-refractivity contribution in [1.29, 1.82) is 0 Å². The zero-order valence-corrected chi connectivity index (χ0v) is 10.9. The highest BCUT2D eigenvalue weighted by atomic mass is 16.1. The van der Waals surface area contributed by atoms with Crippen LogP contribution in [0.15, 0.2) is 47.6 Å². The molecule has 2 unspecified atom stereocenters. The Balaban J connectivity index is 2.00. The molecular weight excluding hydrogens is 220 g/mol. The zero-order valence-electron chi connectivity index (χ0n) is 10.9. The molecule has 0 N–H and O–H groups in total. The van der Waals surface area contributed by atoms with Crippen LogP contribution in [0.4, 0.5) is 0 Å². The monoisotopic (exact) mass is 238 g/mol. The molecule has 0 amide bonds. The van der Waals surface area contributed by atoms with Gasteiger partial charge in [0.15, 0.2) is 5.78 Å². The summed E-state index contributed by atoms with van der Waals surface area (Å²) in [4.78, 5) is 12.1. The molecule has 2 atom stereocenters. The minimum atomic E-state index is 0.172. The third kappa shape index (κ3) is 1.74. The normalized spacial score (nSPS) is 26.7. The molecule has 2 aliphatic carbocycles. The molecule has 0 saturated carbocycles. The summed E-state index contributed by atoms with van der Waals surface area (Å²) in [6.07, 6.45) is 6.16. The summed E-state index contributed by atoms with van der Waals surface area (Å²) in [7, 11) is 0. The second-order valence-corrected chi connectivity index (χ2v) is 5.51. The molecule has 0 heterocycles. The van der Waals surface area contributed by atoms with Crippen LogP contribution in [0.5, 0.6) is 0 Å². The van der Waals surface area contributed by atoms with Crippen molar-refractivity contribution < 1.29 is 4.79 Å². The summed E-state index contributed by atoms with van der Waals surface area (Å²) in [6.45, 7) is 4.15. The van der Waals surface area contributed by atoms with Crippen LogP contribution >= 0.6 is 0 Å². The summed E-state index contributed by atoms with van der Waals surface area (Å²) in [5, 5.41) is 0.